The molecule has 0 aliphatic heterocycles. The number of hydrogen-bond donors (Lipinski definition) is 1. The molecule has 0 radical (unpaired) electrons. The molecule has 1 aromatic rings. The summed E-state index contributed by atoms with van der Waals surface area (Å²) in [5.41, 5.74) is 2.94. The predicted octanol–water partition coefficient (Wildman–Crippen LogP) is 1.78. The second kappa shape index (κ2) is 5.58. The van der Waals surface area contributed by atoms with Gasteiger partial charge in [-0.2, -0.15) is 0 Å². The van der Waals surface area contributed by atoms with Crippen molar-refractivity contribution in [1.29, 1.82) is 0 Å². The Kier molecular flexibility index (Phi) is 3.85. The first-order valence-corrected chi connectivity index (χ1v) is 5.79. The number of nitrogens with one attached hydrogen (secondary N) is 1. The molecule has 1 aliphatic rings. The summed E-state index contributed by atoms with van der Waals surface area (Å²) in [5, 5.41) is 3.10. The molecule has 0 heterocycles. The van der Waals surface area contributed by atoms with E-state index in [1.165, 1.54) is 30.4 Å². The molecule has 1 aliphatic carbocycles. The summed E-state index contributed by atoms with van der Waals surface area (Å²) >= 11 is 0. The molecule has 1 aromatic carbocycles. The monoisotopic (exact) mass is 215 g/mol. The lowest BCUT2D eigenvalue weighted by Crippen LogP contribution is -2.21. The van der Waals surface area contributed by atoms with Crippen molar-refractivity contribution < 1.29 is 4.74 Å². The fourth-order valence-electron chi connectivity index (χ4n) is 2.04. The molecule has 0 bridgehead atoms. The second-order valence-electron chi connectivity index (χ2n) is 4.01. The fraction of sp³-hybridized carbons (Fsp3) is 0.429. The van der Waals surface area contributed by atoms with Crippen molar-refractivity contribution in [3.63, 3.8) is 0 Å². The molecule has 1 N–H and O–H groups in total. The first-order valence-electron chi connectivity index (χ1n) is 5.79. The Morgan fingerprint density at radius 3 is 3.06 bits per heavy atom. The topological polar surface area (TPSA) is 21.3 Å². The van der Waals surface area contributed by atoms with Crippen LogP contribution < -0.4 is 10.1 Å². The minimum Gasteiger partial charge on any atom is -0.492 e. The molecule has 2 nitrogen and oxygen atoms in total. The van der Waals surface area contributed by atoms with Crippen molar-refractivity contribution in [1.82, 2.24) is 5.32 Å². The number of rotatable bonds is 5. The summed E-state index contributed by atoms with van der Waals surface area (Å²) in [6.45, 7) is 2.06. The van der Waals surface area contributed by atoms with Crippen LogP contribution in [0.2, 0.25) is 0 Å². The van der Waals surface area contributed by atoms with Gasteiger partial charge in [-0.15, -0.1) is 6.42 Å². The Balaban J connectivity index is 1.80. The minimum atomic E-state index is 0.605. The number of fused-ring (bicyclic) bond motifs is 1. The van der Waals surface area contributed by atoms with Crippen molar-refractivity contribution >= 4 is 0 Å². The van der Waals surface area contributed by atoms with Crippen LogP contribution in [0.5, 0.6) is 5.75 Å². The van der Waals surface area contributed by atoms with Crippen molar-refractivity contribution in [2.24, 2.45) is 0 Å². The van der Waals surface area contributed by atoms with Gasteiger partial charge in [0.25, 0.3) is 0 Å². The highest BCUT2D eigenvalue weighted by atomic mass is 16.5. The molecule has 2 heteroatoms. The smallest absolute Gasteiger partial charge is 0.119 e. The van der Waals surface area contributed by atoms with Gasteiger partial charge in [-0.05, 0) is 42.5 Å². The quantitative estimate of drug-likeness (QED) is 0.597. The average molecular weight is 215 g/mol. The SMILES string of the molecule is C#CCNCCOc1ccc2c(c1)CCC2. The minimum absolute atomic E-state index is 0.605. The molecular formula is C14H17NO. The van der Waals surface area contributed by atoms with Crippen LogP contribution in [-0.2, 0) is 12.8 Å². The normalized spacial score (nSPS) is 13.2. The van der Waals surface area contributed by atoms with Gasteiger partial charge in [0, 0.05) is 6.54 Å². The lowest BCUT2D eigenvalue weighted by Gasteiger charge is -2.08. The zero-order valence-electron chi connectivity index (χ0n) is 9.46. The van der Waals surface area contributed by atoms with Gasteiger partial charge in [0.05, 0.1) is 6.54 Å². The average Bonchev–Trinajstić information content (AvgIpc) is 2.76. The third kappa shape index (κ3) is 2.77. The van der Waals surface area contributed by atoms with Crippen LogP contribution in [0.4, 0.5) is 0 Å². The number of aryl methyl sites for hydroxylation is 2. The summed E-state index contributed by atoms with van der Waals surface area (Å²) in [6.07, 6.45) is 8.83. The van der Waals surface area contributed by atoms with E-state index in [9.17, 15) is 0 Å². The van der Waals surface area contributed by atoms with Gasteiger partial charge in [0.2, 0.25) is 0 Å². The molecule has 0 atom stereocenters. The maximum atomic E-state index is 5.65. The Morgan fingerprint density at radius 1 is 1.31 bits per heavy atom. The zero-order valence-corrected chi connectivity index (χ0v) is 9.46. The summed E-state index contributed by atoms with van der Waals surface area (Å²) in [7, 11) is 0. The van der Waals surface area contributed by atoms with Crippen molar-refractivity contribution in [3.05, 3.63) is 29.3 Å². The van der Waals surface area contributed by atoms with Crippen LogP contribution in [0.25, 0.3) is 0 Å². The maximum absolute atomic E-state index is 5.65. The van der Waals surface area contributed by atoms with Gasteiger partial charge in [0.15, 0.2) is 0 Å². The summed E-state index contributed by atoms with van der Waals surface area (Å²) in [4.78, 5) is 0. The third-order valence-corrected chi connectivity index (χ3v) is 2.84. The molecular weight excluding hydrogens is 198 g/mol. The van der Waals surface area contributed by atoms with Crippen LogP contribution in [0.1, 0.15) is 17.5 Å². The highest BCUT2D eigenvalue weighted by molar-refractivity contribution is 5.38. The number of terminal acetylenes is 1. The molecule has 0 aromatic heterocycles. The van der Waals surface area contributed by atoms with Crippen molar-refractivity contribution in [3.8, 4) is 18.1 Å². The van der Waals surface area contributed by atoms with Gasteiger partial charge >= 0.3 is 0 Å². The van der Waals surface area contributed by atoms with Crippen LogP contribution >= 0.6 is 0 Å². The first-order chi connectivity index (χ1) is 7.90. The van der Waals surface area contributed by atoms with Crippen molar-refractivity contribution in [2.75, 3.05) is 19.7 Å². The molecule has 0 saturated carbocycles. The van der Waals surface area contributed by atoms with Gasteiger partial charge < -0.3 is 10.1 Å². The third-order valence-electron chi connectivity index (χ3n) is 2.84. The van der Waals surface area contributed by atoms with E-state index in [1.807, 2.05) is 0 Å². The maximum Gasteiger partial charge on any atom is 0.119 e. The number of hydrogen-bond acceptors (Lipinski definition) is 2. The van der Waals surface area contributed by atoms with E-state index >= 15 is 0 Å². The highest BCUT2D eigenvalue weighted by Gasteiger charge is 2.10. The van der Waals surface area contributed by atoms with Gasteiger partial charge in [-0.25, -0.2) is 0 Å². The molecule has 2 rings (SSSR count). The first kappa shape index (κ1) is 11.0. The van der Waals surface area contributed by atoms with Gasteiger partial charge in [-0.3, -0.25) is 0 Å². The largest absolute Gasteiger partial charge is 0.492 e. The van der Waals surface area contributed by atoms with Crippen LogP contribution in [0.3, 0.4) is 0 Å². The molecule has 0 fully saturated rings. The molecule has 84 valence electrons. The van der Waals surface area contributed by atoms with E-state index in [1.54, 1.807) is 0 Å². The molecule has 0 spiro atoms. The van der Waals surface area contributed by atoms with E-state index in [4.69, 9.17) is 11.2 Å². The second-order valence-corrected chi connectivity index (χ2v) is 4.01. The lowest BCUT2D eigenvalue weighted by molar-refractivity contribution is 0.316. The molecule has 16 heavy (non-hydrogen) atoms. The van der Waals surface area contributed by atoms with Crippen molar-refractivity contribution in [2.45, 2.75) is 19.3 Å². The van der Waals surface area contributed by atoms with E-state index in [0.717, 1.165) is 12.3 Å². The fourth-order valence-corrected chi connectivity index (χ4v) is 2.04. The summed E-state index contributed by atoms with van der Waals surface area (Å²) < 4.78 is 5.65. The summed E-state index contributed by atoms with van der Waals surface area (Å²) in [5.74, 6) is 3.51. The predicted molar refractivity (Wildman–Crippen MR) is 65.7 cm³/mol. The van der Waals surface area contributed by atoms with Gasteiger partial charge in [-0.1, -0.05) is 12.0 Å². The molecule has 0 unspecified atom stereocenters. The number of benzene rings is 1. The van der Waals surface area contributed by atoms with Crippen LogP contribution in [0.15, 0.2) is 18.2 Å². The molecule has 0 saturated heterocycles. The van der Waals surface area contributed by atoms with Crippen LogP contribution in [0, 0.1) is 12.3 Å². The lowest BCUT2D eigenvalue weighted by atomic mass is 10.1. The Hall–Kier alpha value is -1.46. The van der Waals surface area contributed by atoms with E-state index in [0.29, 0.717) is 13.2 Å². The van der Waals surface area contributed by atoms with E-state index in [2.05, 4.69) is 29.4 Å². The molecule has 0 amide bonds. The highest BCUT2D eigenvalue weighted by Crippen LogP contribution is 2.25. The Bertz CT molecular complexity index is 392. The standard InChI is InChI=1S/C14H17NO/c1-2-8-15-9-10-16-14-7-6-12-4-3-5-13(12)11-14/h1,6-7,11,15H,3-5,8-10H2. The van der Waals surface area contributed by atoms with Gasteiger partial charge in [0.1, 0.15) is 12.4 Å². The summed E-state index contributed by atoms with van der Waals surface area (Å²) in [6, 6.07) is 6.42. The number of ether oxygens (including phenoxy) is 1. The van der Waals surface area contributed by atoms with E-state index < -0.39 is 0 Å². The Labute approximate surface area is 97.0 Å². The van der Waals surface area contributed by atoms with Crippen LogP contribution in [-0.4, -0.2) is 19.7 Å². The van der Waals surface area contributed by atoms with E-state index in [-0.39, 0.29) is 0 Å². The Morgan fingerprint density at radius 2 is 2.19 bits per heavy atom. The zero-order chi connectivity index (χ0) is 11.2.